The van der Waals surface area contributed by atoms with Gasteiger partial charge in [0.15, 0.2) is 0 Å². The summed E-state index contributed by atoms with van der Waals surface area (Å²) in [5.74, 6) is 0.565. The molecule has 1 aromatic carbocycles. The molecule has 1 aliphatic heterocycles. The molecule has 0 unspecified atom stereocenters. The van der Waals surface area contributed by atoms with E-state index in [0.717, 1.165) is 24.2 Å². The highest BCUT2D eigenvalue weighted by Gasteiger charge is 2.31. The third-order valence-electron chi connectivity index (χ3n) is 4.24. The third kappa shape index (κ3) is 4.21. The van der Waals surface area contributed by atoms with Crippen LogP contribution in [0.1, 0.15) is 37.1 Å². The van der Waals surface area contributed by atoms with E-state index >= 15 is 0 Å². The Morgan fingerprint density at radius 3 is 2.76 bits per heavy atom. The van der Waals surface area contributed by atoms with Crippen LogP contribution in [0, 0.1) is 0 Å². The summed E-state index contributed by atoms with van der Waals surface area (Å²) in [6, 6.07) is 10.8. The van der Waals surface area contributed by atoms with Gasteiger partial charge >= 0.3 is 12.0 Å². The summed E-state index contributed by atoms with van der Waals surface area (Å²) in [7, 11) is 0. The number of furan rings is 1. The van der Waals surface area contributed by atoms with Gasteiger partial charge in [-0.3, -0.25) is 4.79 Å². The van der Waals surface area contributed by atoms with Gasteiger partial charge in [-0.1, -0.05) is 12.1 Å². The molecule has 25 heavy (non-hydrogen) atoms. The first-order valence-corrected chi connectivity index (χ1v) is 8.53. The smallest absolute Gasteiger partial charge is 0.322 e. The van der Waals surface area contributed by atoms with Gasteiger partial charge < -0.3 is 19.4 Å². The predicted octanol–water partition coefficient (Wildman–Crippen LogP) is 3.75. The molecule has 1 saturated heterocycles. The van der Waals surface area contributed by atoms with E-state index in [9.17, 15) is 9.59 Å². The van der Waals surface area contributed by atoms with Crippen molar-refractivity contribution in [2.45, 2.75) is 32.2 Å². The second-order valence-corrected chi connectivity index (χ2v) is 5.98. The minimum atomic E-state index is -0.252. The maximum absolute atomic E-state index is 12.6. The molecule has 1 atom stereocenters. The Morgan fingerprint density at radius 2 is 2.08 bits per heavy atom. The van der Waals surface area contributed by atoms with Crippen LogP contribution in [-0.4, -0.2) is 30.1 Å². The molecule has 1 aromatic heterocycles. The fourth-order valence-corrected chi connectivity index (χ4v) is 3.07. The number of carbonyl (C=O) groups excluding carboxylic acids is 2. The lowest BCUT2D eigenvalue weighted by atomic mass is 10.1. The van der Waals surface area contributed by atoms with Crippen LogP contribution in [0.2, 0.25) is 0 Å². The van der Waals surface area contributed by atoms with Crippen molar-refractivity contribution >= 4 is 17.7 Å². The molecule has 1 N–H and O–H groups in total. The second-order valence-electron chi connectivity index (χ2n) is 5.98. The zero-order valence-corrected chi connectivity index (χ0v) is 14.2. The van der Waals surface area contributed by atoms with E-state index in [-0.39, 0.29) is 24.5 Å². The van der Waals surface area contributed by atoms with Gasteiger partial charge in [0.05, 0.1) is 25.3 Å². The number of amides is 2. The zero-order valence-electron chi connectivity index (χ0n) is 14.2. The van der Waals surface area contributed by atoms with Crippen LogP contribution >= 0.6 is 0 Å². The normalized spacial score (nSPS) is 16.7. The van der Waals surface area contributed by atoms with Crippen molar-refractivity contribution in [3.8, 4) is 0 Å². The largest absolute Gasteiger partial charge is 0.467 e. The number of benzene rings is 1. The molecule has 3 rings (SSSR count). The monoisotopic (exact) mass is 342 g/mol. The number of carbonyl (C=O) groups is 2. The number of nitrogens with one attached hydrogen (secondary N) is 1. The van der Waals surface area contributed by atoms with Crippen LogP contribution < -0.4 is 5.32 Å². The molecule has 2 amide bonds. The molecule has 6 nitrogen and oxygen atoms in total. The summed E-state index contributed by atoms with van der Waals surface area (Å²) in [4.78, 5) is 25.9. The van der Waals surface area contributed by atoms with Crippen LogP contribution in [0.3, 0.4) is 0 Å². The fraction of sp³-hybridized carbons (Fsp3) is 0.368. The SMILES string of the molecule is CCOC(=O)Cc1ccc(NC(=O)N2CCC[C@@H]2c2ccco2)cc1. The van der Waals surface area contributed by atoms with Gasteiger partial charge in [-0.25, -0.2) is 4.79 Å². The molecule has 0 spiro atoms. The molecule has 1 aliphatic rings. The average Bonchev–Trinajstić information content (AvgIpc) is 3.28. The molecule has 0 bridgehead atoms. The Kier molecular flexibility index (Phi) is 5.38. The number of rotatable bonds is 5. The molecule has 2 heterocycles. The van der Waals surface area contributed by atoms with Crippen molar-refractivity contribution in [2.24, 2.45) is 0 Å². The van der Waals surface area contributed by atoms with Crippen LogP contribution in [0.15, 0.2) is 47.1 Å². The molecular weight excluding hydrogens is 320 g/mol. The highest BCUT2D eigenvalue weighted by atomic mass is 16.5. The quantitative estimate of drug-likeness (QED) is 0.840. The number of nitrogens with zero attached hydrogens (tertiary/aromatic N) is 1. The van der Waals surface area contributed by atoms with Gasteiger partial charge in [0.1, 0.15) is 5.76 Å². The number of ether oxygens (including phenoxy) is 1. The third-order valence-corrected chi connectivity index (χ3v) is 4.24. The van der Waals surface area contributed by atoms with Crippen molar-refractivity contribution in [3.05, 3.63) is 54.0 Å². The Morgan fingerprint density at radius 1 is 1.28 bits per heavy atom. The highest BCUT2D eigenvalue weighted by molar-refractivity contribution is 5.89. The van der Waals surface area contributed by atoms with Gasteiger partial charge in [0.25, 0.3) is 0 Å². The Bertz CT molecular complexity index is 710. The van der Waals surface area contributed by atoms with Crippen molar-refractivity contribution < 1.29 is 18.7 Å². The molecule has 0 radical (unpaired) electrons. The maximum atomic E-state index is 12.6. The van der Waals surface area contributed by atoms with E-state index in [1.165, 1.54) is 0 Å². The van der Waals surface area contributed by atoms with Gasteiger partial charge in [-0.15, -0.1) is 0 Å². The summed E-state index contributed by atoms with van der Waals surface area (Å²) in [6.07, 6.45) is 3.72. The summed E-state index contributed by atoms with van der Waals surface area (Å²) < 4.78 is 10.4. The van der Waals surface area contributed by atoms with E-state index in [2.05, 4.69) is 5.32 Å². The zero-order chi connectivity index (χ0) is 17.6. The predicted molar refractivity (Wildman–Crippen MR) is 93.2 cm³/mol. The number of urea groups is 1. The molecule has 6 heteroatoms. The second kappa shape index (κ2) is 7.88. The van der Waals surface area contributed by atoms with Gasteiger partial charge in [-0.2, -0.15) is 0 Å². The van der Waals surface area contributed by atoms with E-state index in [1.54, 1.807) is 30.2 Å². The average molecular weight is 342 g/mol. The molecule has 2 aromatic rings. The van der Waals surface area contributed by atoms with E-state index in [1.807, 2.05) is 24.3 Å². The van der Waals surface area contributed by atoms with E-state index in [0.29, 0.717) is 18.8 Å². The molecule has 0 saturated carbocycles. The minimum absolute atomic E-state index is 0.0157. The Balaban J connectivity index is 1.60. The van der Waals surface area contributed by atoms with Crippen molar-refractivity contribution in [1.82, 2.24) is 4.90 Å². The van der Waals surface area contributed by atoms with Crippen LogP contribution in [0.25, 0.3) is 0 Å². The Hall–Kier alpha value is -2.76. The van der Waals surface area contributed by atoms with Crippen LogP contribution in [0.4, 0.5) is 10.5 Å². The number of esters is 1. The first kappa shape index (κ1) is 17.1. The van der Waals surface area contributed by atoms with Crippen molar-refractivity contribution in [2.75, 3.05) is 18.5 Å². The topological polar surface area (TPSA) is 71.8 Å². The van der Waals surface area contributed by atoms with Gasteiger partial charge in [0.2, 0.25) is 0 Å². The van der Waals surface area contributed by atoms with Gasteiger partial charge in [-0.05, 0) is 49.6 Å². The van der Waals surface area contributed by atoms with Crippen molar-refractivity contribution in [3.63, 3.8) is 0 Å². The first-order valence-electron chi connectivity index (χ1n) is 8.53. The number of anilines is 1. The number of likely N-dealkylation sites (tertiary alicyclic amines) is 1. The molecule has 0 aliphatic carbocycles. The number of hydrogen-bond acceptors (Lipinski definition) is 4. The van der Waals surface area contributed by atoms with Crippen molar-refractivity contribution in [1.29, 1.82) is 0 Å². The summed E-state index contributed by atoms with van der Waals surface area (Å²) in [6.45, 7) is 2.86. The summed E-state index contributed by atoms with van der Waals surface area (Å²) in [5.41, 5.74) is 1.55. The summed E-state index contributed by atoms with van der Waals surface area (Å²) >= 11 is 0. The molecule has 132 valence electrons. The Labute approximate surface area is 146 Å². The lowest BCUT2D eigenvalue weighted by Gasteiger charge is -2.23. The van der Waals surface area contributed by atoms with Crippen LogP contribution in [-0.2, 0) is 16.0 Å². The fourth-order valence-electron chi connectivity index (χ4n) is 3.07. The van der Waals surface area contributed by atoms with E-state index < -0.39 is 0 Å². The molecule has 1 fully saturated rings. The van der Waals surface area contributed by atoms with E-state index in [4.69, 9.17) is 9.15 Å². The van der Waals surface area contributed by atoms with Gasteiger partial charge in [0, 0.05) is 12.2 Å². The lowest BCUT2D eigenvalue weighted by Crippen LogP contribution is -2.34. The first-order chi connectivity index (χ1) is 12.2. The minimum Gasteiger partial charge on any atom is -0.467 e. The standard InChI is InChI=1S/C19H22N2O4/c1-2-24-18(22)13-14-7-9-15(10-8-14)20-19(23)21-11-3-5-16(21)17-6-4-12-25-17/h4,6-10,12,16H,2-3,5,11,13H2,1H3,(H,20,23)/t16-/m1/s1. The molecular formula is C19H22N2O4. The number of hydrogen-bond donors (Lipinski definition) is 1. The lowest BCUT2D eigenvalue weighted by molar-refractivity contribution is -0.142. The van der Waals surface area contributed by atoms with Crippen LogP contribution in [0.5, 0.6) is 0 Å². The maximum Gasteiger partial charge on any atom is 0.322 e. The summed E-state index contributed by atoms with van der Waals surface area (Å²) in [5, 5.41) is 2.91. The highest BCUT2D eigenvalue weighted by Crippen LogP contribution is 2.32.